The Morgan fingerprint density at radius 2 is 2.00 bits per heavy atom. The second-order valence-corrected chi connectivity index (χ2v) is 4.16. The molecule has 1 rings (SSSR count). The summed E-state index contributed by atoms with van der Waals surface area (Å²) in [5.41, 5.74) is 5.10. The number of benzene rings is 1. The van der Waals surface area contributed by atoms with E-state index in [1.54, 1.807) is 0 Å². The highest BCUT2D eigenvalue weighted by atomic mass is 79.9. The van der Waals surface area contributed by atoms with Crippen molar-refractivity contribution in [3.05, 3.63) is 33.8 Å². The van der Waals surface area contributed by atoms with Gasteiger partial charge in [0.25, 0.3) is 0 Å². The van der Waals surface area contributed by atoms with Gasteiger partial charge in [-0.3, -0.25) is 0 Å². The first-order valence-electron chi connectivity index (χ1n) is 4.35. The van der Waals surface area contributed by atoms with E-state index in [0.717, 1.165) is 12.1 Å². The molecule has 1 atom stereocenters. The van der Waals surface area contributed by atoms with Crippen LogP contribution in [0.3, 0.4) is 0 Å². The van der Waals surface area contributed by atoms with Crippen molar-refractivity contribution >= 4 is 15.9 Å². The molecule has 16 heavy (non-hydrogen) atoms. The number of rotatable bonds is 2. The van der Waals surface area contributed by atoms with E-state index in [0.29, 0.717) is 10.0 Å². The lowest BCUT2D eigenvalue weighted by Gasteiger charge is -2.13. The summed E-state index contributed by atoms with van der Waals surface area (Å²) < 4.78 is 37.7. The third-order valence-corrected chi connectivity index (χ3v) is 2.44. The minimum Gasteiger partial charge on any atom is -0.323 e. The van der Waals surface area contributed by atoms with E-state index in [9.17, 15) is 13.2 Å². The van der Waals surface area contributed by atoms with Gasteiger partial charge < -0.3 is 5.73 Å². The molecule has 2 nitrogen and oxygen atoms in total. The number of alkyl halides is 3. The summed E-state index contributed by atoms with van der Waals surface area (Å²) in [6.07, 6.45) is -4.43. The predicted octanol–water partition coefficient (Wildman–Crippen LogP) is 3.38. The minimum atomic E-state index is -4.41. The van der Waals surface area contributed by atoms with Crippen LogP contribution < -0.4 is 5.73 Å². The molecule has 0 fully saturated rings. The number of nitriles is 1. The van der Waals surface area contributed by atoms with E-state index in [-0.39, 0.29) is 6.42 Å². The van der Waals surface area contributed by atoms with Crippen LogP contribution in [0.15, 0.2) is 22.7 Å². The van der Waals surface area contributed by atoms with E-state index in [1.165, 1.54) is 6.07 Å². The second kappa shape index (κ2) is 4.85. The molecule has 6 heteroatoms. The summed E-state index contributed by atoms with van der Waals surface area (Å²) in [7, 11) is 0. The Bertz CT molecular complexity index is 423. The first-order valence-corrected chi connectivity index (χ1v) is 5.14. The molecule has 86 valence electrons. The quantitative estimate of drug-likeness (QED) is 0.908. The molecule has 0 aliphatic carbocycles. The van der Waals surface area contributed by atoms with Gasteiger partial charge in [0.15, 0.2) is 0 Å². The van der Waals surface area contributed by atoms with Crippen LogP contribution in [0, 0.1) is 11.3 Å². The third kappa shape index (κ3) is 3.22. The molecular weight excluding hydrogens is 285 g/mol. The standard InChI is InChI=1S/C10H8BrF3N2/c11-8-4-6(9(16)1-2-15)3-7(5-8)10(12,13)14/h3-5,9H,1,16H2/t9-/m0/s1. The van der Waals surface area contributed by atoms with Crippen LogP contribution >= 0.6 is 15.9 Å². The summed E-state index contributed by atoms with van der Waals surface area (Å²) in [5, 5.41) is 8.43. The van der Waals surface area contributed by atoms with E-state index in [2.05, 4.69) is 15.9 Å². The molecule has 0 aliphatic heterocycles. The van der Waals surface area contributed by atoms with Crippen molar-refractivity contribution in [2.75, 3.05) is 0 Å². The van der Waals surface area contributed by atoms with Crippen molar-refractivity contribution in [2.45, 2.75) is 18.6 Å². The van der Waals surface area contributed by atoms with Crippen LogP contribution in [0.1, 0.15) is 23.6 Å². The normalized spacial score (nSPS) is 13.2. The van der Waals surface area contributed by atoms with E-state index in [4.69, 9.17) is 11.0 Å². The van der Waals surface area contributed by atoms with Gasteiger partial charge in [0.1, 0.15) is 0 Å². The summed E-state index contributed by atoms with van der Waals surface area (Å²) in [6.45, 7) is 0. The zero-order valence-electron chi connectivity index (χ0n) is 8.05. The molecule has 0 unspecified atom stereocenters. The Hall–Kier alpha value is -1.06. The zero-order chi connectivity index (χ0) is 12.3. The first-order chi connectivity index (χ1) is 7.34. The van der Waals surface area contributed by atoms with Gasteiger partial charge in [-0.2, -0.15) is 18.4 Å². The molecule has 1 aromatic rings. The van der Waals surface area contributed by atoms with Crippen molar-refractivity contribution in [1.29, 1.82) is 5.26 Å². The predicted molar refractivity (Wildman–Crippen MR) is 56.3 cm³/mol. The molecule has 1 aromatic carbocycles. The van der Waals surface area contributed by atoms with Crippen molar-refractivity contribution in [3.8, 4) is 6.07 Å². The molecule has 0 spiro atoms. The zero-order valence-corrected chi connectivity index (χ0v) is 9.64. The maximum absolute atomic E-state index is 12.5. The highest BCUT2D eigenvalue weighted by molar-refractivity contribution is 9.10. The highest BCUT2D eigenvalue weighted by Crippen LogP contribution is 2.33. The van der Waals surface area contributed by atoms with Crippen LogP contribution in [0.2, 0.25) is 0 Å². The van der Waals surface area contributed by atoms with Gasteiger partial charge in [-0.15, -0.1) is 0 Å². The Morgan fingerprint density at radius 3 is 2.50 bits per heavy atom. The fraction of sp³-hybridized carbons (Fsp3) is 0.300. The maximum atomic E-state index is 12.5. The number of hydrogen-bond acceptors (Lipinski definition) is 2. The van der Waals surface area contributed by atoms with Gasteiger partial charge in [0.2, 0.25) is 0 Å². The molecule has 0 saturated carbocycles. The van der Waals surface area contributed by atoms with Gasteiger partial charge in [0.05, 0.1) is 18.1 Å². The van der Waals surface area contributed by atoms with Crippen LogP contribution in [0.4, 0.5) is 13.2 Å². The SMILES string of the molecule is N#CC[C@H](N)c1cc(Br)cc(C(F)(F)F)c1. The number of halogens is 4. The third-order valence-electron chi connectivity index (χ3n) is 1.99. The van der Waals surface area contributed by atoms with E-state index >= 15 is 0 Å². The van der Waals surface area contributed by atoms with Crippen molar-refractivity contribution in [2.24, 2.45) is 5.73 Å². The van der Waals surface area contributed by atoms with E-state index < -0.39 is 17.8 Å². The van der Waals surface area contributed by atoms with Crippen molar-refractivity contribution in [3.63, 3.8) is 0 Å². The number of hydrogen-bond donors (Lipinski definition) is 1. The number of nitrogens with two attached hydrogens (primary N) is 1. The maximum Gasteiger partial charge on any atom is 0.416 e. The average Bonchev–Trinajstić information content (AvgIpc) is 2.16. The largest absolute Gasteiger partial charge is 0.416 e. The van der Waals surface area contributed by atoms with Gasteiger partial charge in [-0.25, -0.2) is 0 Å². The van der Waals surface area contributed by atoms with Crippen molar-refractivity contribution in [1.82, 2.24) is 0 Å². The lowest BCUT2D eigenvalue weighted by molar-refractivity contribution is -0.137. The van der Waals surface area contributed by atoms with Gasteiger partial charge in [-0.05, 0) is 23.8 Å². The summed E-state index contributed by atoms with van der Waals surface area (Å²) in [5.74, 6) is 0. The highest BCUT2D eigenvalue weighted by Gasteiger charge is 2.31. The van der Waals surface area contributed by atoms with Crippen LogP contribution in [-0.4, -0.2) is 0 Å². The van der Waals surface area contributed by atoms with Gasteiger partial charge >= 0.3 is 6.18 Å². The Kier molecular flexibility index (Phi) is 3.94. The molecule has 0 aromatic heterocycles. The molecule has 0 amide bonds. The minimum absolute atomic E-state index is 0.0201. The topological polar surface area (TPSA) is 49.8 Å². The fourth-order valence-electron chi connectivity index (χ4n) is 1.21. The molecule has 0 saturated heterocycles. The monoisotopic (exact) mass is 292 g/mol. The van der Waals surface area contributed by atoms with Crippen LogP contribution in [0.25, 0.3) is 0 Å². The van der Waals surface area contributed by atoms with Gasteiger partial charge in [-0.1, -0.05) is 15.9 Å². The summed E-state index contributed by atoms with van der Waals surface area (Å²) >= 11 is 2.99. The average molecular weight is 293 g/mol. The van der Waals surface area contributed by atoms with Crippen LogP contribution in [-0.2, 0) is 6.18 Å². The molecular formula is C10H8BrF3N2. The molecule has 0 radical (unpaired) electrons. The van der Waals surface area contributed by atoms with Crippen LogP contribution in [0.5, 0.6) is 0 Å². The van der Waals surface area contributed by atoms with Crippen molar-refractivity contribution < 1.29 is 13.2 Å². The fourth-order valence-corrected chi connectivity index (χ4v) is 1.72. The lowest BCUT2D eigenvalue weighted by atomic mass is 10.0. The number of nitrogens with zero attached hydrogens (tertiary/aromatic N) is 1. The molecule has 0 heterocycles. The summed E-state index contributed by atoms with van der Waals surface area (Å²) in [4.78, 5) is 0. The summed E-state index contributed by atoms with van der Waals surface area (Å²) in [6, 6.07) is 4.54. The Balaban J connectivity index is 3.14. The lowest BCUT2D eigenvalue weighted by Crippen LogP contribution is -2.12. The molecule has 2 N–H and O–H groups in total. The van der Waals surface area contributed by atoms with Gasteiger partial charge in [0, 0.05) is 10.5 Å². The first kappa shape index (κ1) is 13.0. The molecule has 0 bridgehead atoms. The van der Waals surface area contributed by atoms with E-state index in [1.807, 2.05) is 6.07 Å². The second-order valence-electron chi connectivity index (χ2n) is 3.24. The Morgan fingerprint density at radius 1 is 1.38 bits per heavy atom. The Labute approximate surface area is 99.0 Å². The molecule has 0 aliphatic rings. The smallest absolute Gasteiger partial charge is 0.323 e.